The van der Waals surface area contributed by atoms with Gasteiger partial charge in [-0.05, 0) is 56.3 Å². The molecule has 1 atom stereocenters. The molecular weight excluding hydrogens is 260 g/mol. The molecule has 0 spiro atoms. The second-order valence-corrected chi connectivity index (χ2v) is 5.91. The first kappa shape index (κ1) is 16.0. The molecule has 2 rings (SSSR count). The van der Waals surface area contributed by atoms with Crippen molar-refractivity contribution in [1.29, 1.82) is 0 Å². The molecule has 1 N–H and O–H groups in total. The van der Waals surface area contributed by atoms with E-state index < -0.39 is 0 Å². The monoisotopic (exact) mass is 288 g/mol. The lowest BCUT2D eigenvalue weighted by Gasteiger charge is -2.33. The third-order valence-electron chi connectivity index (χ3n) is 4.15. The Bertz CT molecular complexity index is 441. The van der Waals surface area contributed by atoms with Crippen LogP contribution in [0.5, 0.6) is 0 Å². The van der Waals surface area contributed by atoms with Crippen molar-refractivity contribution in [1.82, 2.24) is 5.32 Å². The van der Waals surface area contributed by atoms with E-state index in [1.165, 1.54) is 18.4 Å². The summed E-state index contributed by atoms with van der Waals surface area (Å²) in [4.78, 5) is 14.5. The van der Waals surface area contributed by atoms with E-state index in [0.717, 1.165) is 44.5 Å². The zero-order chi connectivity index (χ0) is 15.1. The lowest BCUT2D eigenvalue weighted by atomic mass is 10.0. The Labute approximate surface area is 128 Å². The van der Waals surface area contributed by atoms with E-state index in [2.05, 4.69) is 43.4 Å². The number of unbranched alkanes of at least 4 members (excludes halogenated alkanes) is 1. The predicted octanol–water partition coefficient (Wildman–Crippen LogP) is 3.52. The van der Waals surface area contributed by atoms with Crippen LogP contribution in [-0.4, -0.2) is 25.0 Å². The Kier molecular flexibility index (Phi) is 6.24. The van der Waals surface area contributed by atoms with E-state index in [-0.39, 0.29) is 11.9 Å². The quantitative estimate of drug-likeness (QED) is 0.832. The Morgan fingerprint density at radius 1 is 1.19 bits per heavy atom. The van der Waals surface area contributed by atoms with Crippen molar-refractivity contribution < 1.29 is 4.79 Å². The molecule has 1 aliphatic heterocycles. The molecule has 0 aliphatic carbocycles. The van der Waals surface area contributed by atoms with E-state index in [1.54, 1.807) is 0 Å². The Morgan fingerprint density at radius 2 is 1.95 bits per heavy atom. The molecule has 0 saturated carbocycles. The molecule has 1 amide bonds. The standard InChI is InChI=1S/C18H28N2O/c1-3-5-7-15-9-11-16(12-10-15)20-14-6-8-17(18(20)21)19-13-4-2/h9-12,17,19H,3-8,13-14H2,1-2H3. The SMILES string of the molecule is CCCCc1ccc(N2CCCC(NCCC)C2=O)cc1. The number of anilines is 1. The second-order valence-electron chi connectivity index (χ2n) is 5.91. The van der Waals surface area contributed by atoms with Gasteiger partial charge in [0.2, 0.25) is 5.91 Å². The topological polar surface area (TPSA) is 32.3 Å². The average Bonchev–Trinajstić information content (AvgIpc) is 2.52. The molecule has 1 unspecified atom stereocenters. The molecule has 1 saturated heterocycles. The van der Waals surface area contributed by atoms with Gasteiger partial charge < -0.3 is 10.2 Å². The summed E-state index contributed by atoms with van der Waals surface area (Å²) in [6, 6.07) is 8.54. The Balaban J connectivity index is 2.01. The lowest BCUT2D eigenvalue weighted by molar-refractivity contribution is -0.121. The van der Waals surface area contributed by atoms with Crippen LogP contribution < -0.4 is 10.2 Å². The maximum Gasteiger partial charge on any atom is 0.244 e. The fourth-order valence-corrected chi connectivity index (χ4v) is 2.86. The van der Waals surface area contributed by atoms with Crippen LogP contribution in [0.1, 0.15) is 51.5 Å². The number of nitrogens with one attached hydrogen (secondary N) is 1. The number of aryl methyl sites for hydroxylation is 1. The predicted molar refractivity (Wildman–Crippen MR) is 88.7 cm³/mol. The van der Waals surface area contributed by atoms with E-state index in [0.29, 0.717) is 0 Å². The summed E-state index contributed by atoms with van der Waals surface area (Å²) in [5, 5.41) is 3.37. The number of carbonyl (C=O) groups is 1. The molecular formula is C18H28N2O. The number of amides is 1. The molecule has 0 bridgehead atoms. The van der Waals surface area contributed by atoms with Gasteiger partial charge in [-0.2, -0.15) is 0 Å². The minimum Gasteiger partial charge on any atom is -0.311 e. The number of hydrogen-bond donors (Lipinski definition) is 1. The summed E-state index contributed by atoms with van der Waals surface area (Å²) in [6.07, 6.45) is 6.68. The van der Waals surface area contributed by atoms with Gasteiger partial charge in [-0.3, -0.25) is 4.79 Å². The van der Waals surface area contributed by atoms with Gasteiger partial charge >= 0.3 is 0 Å². The molecule has 1 aliphatic rings. The first-order valence-corrected chi connectivity index (χ1v) is 8.40. The minimum atomic E-state index is -0.00142. The third-order valence-corrected chi connectivity index (χ3v) is 4.15. The molecule has 21 heavy (non-hydrogen) atoms. The van der Waals surface area contributed by atoms with Gasteiger partial charge in [0, 0.05) is 12.2 Å². The van der Waals surface area contributed by atoms with Crippen molar-refractivity contribution in [3.05, 3.63) is 29.8 Å². The Hall–Kier alpha value is -1.35. The van der Waals surface area contributed by atoms with Gasteiger partial charge in [0.1, 0.15) is 0 Å². The van der Waals surface area contributed by atoms with E-state index in [1.807, 2.05) is 4.90 Å². The minimum absolute atomic E-state index is 0.00142. The van der Waals surface area contributed by atoms with Gasteiger partial charge in [-0.25, -0.2) is 0 Å². The summed E-state index contributed by atoms with van der Waals surface area (Å²) in [5.41, 5.74) is 2.41. The highest BCUT2D eigenvalue weighted by Gasteiger charge is 2.28. The van der Waals surface area contributed by atoms with Crippen molar-refractivity contribution in [3.8, 4) is 0 Å². The smallest absolute Gasteiger partial charge is 0.244 e. The number of hydrogen-bond acceptors (Lipinski definition) is 2. The van der Waals surface area contributed by atoms with Gasteiger partial charge in [0.05, 0.1) is 6.04 Å². The zero-order valence-electron chi connectivity index (χ0n) is 13.4. The highest BCUT2D eigenvalue weighted by atomic mass is 16.2. The molecule has 0 radical (unpaired) electrons. The number of benzene rings is 1. The van der Waals surface area contributed by atoms with E-state index in [4.69, 9.17) is 0 Å². The highest BCUT2D eigenvalue weighted by molar-refractivity contribution is 5.97. The van der Waals surface area contributed by atoms with Crippen molar-refractivity contribution in [2.24, 2.45) is 0 Å². The normalized spacial score (nSPS) is 19.0. The maximum absolute atomic E-state index is 12.6. The van der Waals surface area contributed by atoms with Crippen LogP contribution in [0.15, 0.2) is 24.3 Å². The molecule has 1 heterocycles. The second kappa shape index (κ2) is 8.18. The largest absolute Gasteiger partial charge is 0.311 e. The van der Waals surface area contributed by atoms with Crippen molar-refractivity contribution in [3.63, 3.8) is 0 Å². The number of carbonyl (C=O) groups excluding carboxylic acids is 1. The summed E-state index contributed by atoms with van der Waals surface area (Å²) < 4.78 is 0. The number of piperidine rings is 1. The van der Waals surface area contributed by atoms with Gasteiger partial charge in [-0.15, -0.1) is 0 Å². The van der Waals surface area contributed by atoms with Crippen molar-refractivity contribution >= 4 is 11.6 Å². The molecule has 116 valence electrons. The van der Waals surface area contributed by atoms with E-state index >= 15 is 0 Å². The number of nitrogens with zero attached hydrogens (tertiary/aromatic N) is 1. The average molecular weight is 288 g/mol. The van der Waals surface area contributed by atoms with Crippen molar-refractivity contribution in [2.75, 3.05) is 18.0 Å². The first-order valence-electron chi connectivity index (χ1n) is 8.40. The van der Waals surface area contributed by atoms with E-state index in [9.17, 15) is 4.79 Å². The van der Waals surface area contributed by atoms with Crippen LogP contribution in [0.25, 0.3) is 0 Å². The first-order chi connectivity index (χ1) is 10.3. The highest BCUT2D eigenvalue weighted by Crippen LogP contribution is 2.22. The van der Waals surface area contributed by atoms with Crippen LogP contribution in [0.3, 0.4) is 0 Å². The fourth-order valence-electron chi connectivity index (χ4n) is 2.86. The molecule has 1 fully saturated rings. The molecule has 0 aromatic heterocycles. The van der Waals surface area contributed by atoms with Gasteiger partial charge in [0.15, 0.2) is 0 Å². The molecule has 3 heteroatoms. The van der Waals surface area contributed by atoms with Gasteiger partial charge in [-0.1, -0.05) is 32.4 Å². The summed E-state index contributed by atoms with van der Waals surface area (Å²) >= 11 is 0. The van der Waals surface area contributed by atoms with Crippen LogP contribution in [0.4, 0.5) is 5.69 Å². The van der Waals surface area contributed by atoms with Gasteiger partial charge in [0.25, 0.3) is 0 Å². The number of rotatable bonds is 7. The maximum atomic E-state index is 12.6. The summed E-state index contributed by atoms with van der Waals surface area (Å²) in [7, 11) is 0. The zero-order valence-corrected chi connectivity index (χ0v) is 13.4. The molecule has 3 nitrogen and oxygen atoms in total. The van der Waals surface area contributed by atoms with Crippen LogP contribution in [0.2, 0.25) is 0 Å². The molecule has 1 aromatic carbocycles. The van der Waals surface area contributed by atoms with Crippen LogP contribution in [0, 0.1) is 0 Å². The summed E-state index contributed by atoms with van der Waals surface area (Å²) in [5.74, 6) is 0.232. The third kappa shape index (κ3) is 4.31. The molecule has 1 aromatic rings. The summed E-state index contributed by atoms with van der Waals surface area (Å²) in [6.45, 7) is 6.11. The van der Waals surface area contributed by atoms with Crippen LogP contribution in [-0.2, 0) is 11.2 Å². The fraction of sp³-hybridized carbons (Fsp3) is 0.611. The Morgan fingerprint density at radius 3 is 2.62 bits per heavy atom. The van der Waals surface area contributed by atoms with Crippen molar-refractivity contribution in [2.45, 2.75) is 58.4 Å². The lowest BCUT2D eigenvalue weighted by Crippen LogP contribution is -2.51. The van der Waals surface area contributed by atoms with Crippen LogP contribution >= 0.6 is 0 Å².